The fourth-order valence-electron chi connectivity index (χ4n) is 8.70. The van der Waals surface area contributed by atoms with E-state index in [0.29, 0.717) is 64.6 Å². The molecule has 0 aromatic carbocycles. The van der Waals surface area contributed by atoms with E-state index >= 15 is 0 Å². The number of rotatable bonds is 43. The van der Waals surface area contributed by atoms with Gasteiger partial charge in [-0.05, 0) is 71.1 Å². The summed E-state index contributed by atoms with van der Waals surface area (Å²) in [6, 6.07) is -1.06. The van der Waals surface area contributed by atoms with E-state index in [0.717, 1.165) is 0 Å². The standard InChI is InChI=1S/C51H93N5O26/c1-2-74-26-27-75-25-16-37(62)55-31(12-9-19-54-82-38(63)15-5-8-24-78-51-47(72)44(69)41(66)34(30-59)81-51)48(73)56(20-10-17-52-35(60)13-3-6-22-76-49-45(70)42(67)39(64)32(28-57)79-49)21-11-18-53-36(61)14-4-7-23-77-50-46(71)43(68)40(65)33(29-58)80-50/h31-34,39-47,49-51,54,57-59,64-72H,2-30H2,1H3,(H,52,60)(H,53,61)(H,55,62)/t31-,32?,33?,34?,39?,40?,41?,42?,43?,44?,45?,46?,47?,49?,50?,51?/m0/s1. The predicted molar refractivity (Wildman–Crippen MR) is 280 cm³/mol. The zero-order valence-electron chi connectivity index (χ0n) is 46.8. The number of unbranched alkanes of at least 4 members (excludes halogenated alkanes) is 3. The summed E-state index contributed by atoms with van der Waals surface area (Å²) in [6.45, 7) is 1.91. The zero-order valence-corrected chi connectivity index (χ0v) is 46.8. The minimum absolute atomic E-state index is 0.0136. The average molecular weight is 1190 g/mol. The summed E-state index contributed by atoms with van der Waals surface area (Å²) in [5.74, 6) is -2.12. The molecule has 3 aliphatic heterocycles. The van der Waals surface area contributed by atoms with Gasteiger partial charge in [0.25, 0.3) is 0 Å². The smallest absolute Gasteiger partial charge is 0.324 e. The largest absolute Gasteiger partial charge is 0.394 e. The summed E-state index contributed by atoms with van der Waals surface area (Å²) in [5.41, 5.74) is 2.58. The van der Waals surface area contributed by atoms with Gasteiger partial charge in [-0.2, -0.15) is 5.48 Å². The quantitative estimate of drug-likeness (QED) is 0.0199. The molecular formula is C51H93N5O26. The number of carbonyl (C=O) groups is 5. The Balaban J connectivity index is 1.54. The van der Waals surface area contributed by atoms with Crippen LogP contribution >= 0.6 is 0 Å². The molecule has 0 spiro atoms. The predicted octanol–water partition coefficient (Wildman–Crippen LogP) is -6.46. The fourth-order valence-corrected chi connectivity index (χ4v) is 8.70. The third-order valence-corrected chi connectivity index (χ3v) is 13.6. The number of carbonyl (C=O) groups excluding carboxylic acids is 5. The summed E-state index contributed by atoms with van der Waals surface area (Å²) in [7, 11) is 0. The Labute approximate surface area is 476 Å². The number of nitrogens with one attached hydrogen (secondary N) is 4. The molecule has 0 saturated carbocycles. The third kappa shape index (κ3) is 26.4. The van der Waals surface area contributed by atoms with E-state index in [1.807, 2.05) is 6.92 Å². The Morgan fingerprint density at radius 1 is 0.463 bits per heavy atom. The molecule has 16 N–H and O–H groups in total. The van der Waals surface area contributed by atoms with E-state index in [-0.39, 0.29) is 116 Å². The maximum Gasteiger partial charge on any atom is 0.324 e. The summed E-state index contributed by atoms with van der Waals surface area (Å²) in [6.07, 6.45) is -18.2. The molecular weight excluding hydrogens is 1100 g/mol. The van der Waals surface area contributed by atoms with Crippen LogP contribution in [0.5, 0.6) is 0 Å². The SMILES string of the molecule is CCOCCOCCC(=O)N[C@@H](CCCNOC(=O)CCCCOC1OC(CO)C(O)C(O)C1O)C(=O)N(CCCNC(=O)CCCCOC1OC(CO)C(O)C(O)C1O)CCCNC(=O)CCCCOC1OC(CO)C(O)C(O)C1O. The van der Waals surface area contributed by atoms with Crippen molar-refractivity contribution in [2.24, 2.45) is 0 Å². The Morgan fingerprint density at radius 2 is 0.890 bits per heavy atom. The molecule has 3 saturated heterocycles. The summed E-state index contributed by atoms with van der Waals surface area (Å²) in [4.78, 5) is 72.4. The molecule has 3 rings (SSSR count). The van der Waals surface area contributed by atoms with Crippen LogP contribution in [-0.4, -0.2) is 293 Å². The molecule has 16 atom stereocenters. The lowest BCUT2D eigenvalue weighted by Gasteiger charge is -2.39. The van der Waals surface area contributed by atoms with Crippen LogP contribution < -0.4 is 21.4 Å². The lowest BCUT2D eigenvalue weighted by molar-refractivity contribution is -0.301. The van der Waals surface area contributed by atoms with Crippen LogP contribution in [0.2, 0.25) is 0 Å². The van der Waals surface area contributed by atoms with Gasteiger partial charge < -0.3 is 125 Å². The maximum atomic E-state index is 14.4. The number of hydrogen-bond donors (Lipinski definition) is 16. The van der Waals surface area contributed by atoms with Gasteiger partial charge in [-0.1, -0.05) is 0 Å². The molecule has 0 aromatic rings. The lowest BCUT2D eigenvalue weighted by atomic mass is 9.99. The van der Waals surface area contributed by atoms with Gasteiger partial charge in [-0.15, -0.1) is 0 Å². The Bertz CT molecular complexity index is 1710. The highest BCUT2D eigenvalue weighted by atomic mass is 16.7. The second kappa shape index (κ2) is 41.5. The van der Waals surface area contributed by atoms with E-state index in [2.05, 4.69) is 21.4 Å². The van der Waals surface area contributed by atoms with Crippen molar-refractivity contribution in [1.82, 2.24) is 26.3 Å². The average Bonchev–Trinajstić information content (AvgIpc) is 3.51. The molecule has 0 aliphatic carbocycles. The Kier molecular flexibility index (Phi) is 36.9. The third-order valence-electron chi connectivity index (χ3n) is 13.6. The van der Waals surface area contributed by atoms with Gasteiger partial charge >= 0.3 is 5.97 Å². The van der Waals surface area contributed by atoms with Crippen LogP contribution in [0.3, 0.4) is 0 Å². The van der Waals surface area contributed by atoms with E-state index in [1.165, 1.54) is 4.90 Å². The molecule has 31 heteroatoms. The fraction of sp³-hybridized carbons (Fsp3) is 0.902. The summed E-state index contributed by atoms with van der Waals surface area (Å²) >= 11 is 0. The second-order valence-corrected chi connectivity index (χ2v) is 20.0. The Morgan fingerprint density at radius 3 is 1.32 bits per heavy atom. The van der Waals surface area contributed by atoms with E-state index in [1.54, 1.807) is 0 Å². The number of ether oxygens (including phenoxy) is 8. The highest BCUT2D eigenvalue weighted by molar-refractivity contribution is 5.87. The minimum Gasteiger partial charge on any atom is -0.394 e. The van der Waals surface area contributed by atoms with E-state index < -0.39 is 136 Å². The van der Waals surface area contributed by atoms with Gasteiger partial charge in [0.05, 0.1) is 39.6 Å². The van der Waals surface area contributed by atoms with Crippen LogP contribution in [0.4, 0.5) is 0 Å². The molecule has 3 aliphatic rings. The van der Waals surface area contributed by atoms with Gasteiger partial charge in [0, 0.05) is 84.8 Å². The minimum atomic E-state index is -1.59. The lowest BCUT2D eigenvalue weighted by Crippen LogP contribution is -2.59. The van der Waals surface area contributed by atoms with Crippen LogP contribution in [-0.2, 0) is 66.7 Å². The van der Waals surface area contributed by atoms with Crippen molar-refractivity contribution >= 4 is 29.6 Å². The van der Waals surface area contributed by atoms with Crippen molar-refractivity contribution in [3.05, 3.63) is 0 Å². The number of hydrogen-bond acceptors (Lipinski definition) is 27. The van der Waals surface area contributed by atoms with Gasteiger partial charge in [-0.25, -0.2) is 0 Å². The van der Waals surface area contributed by atoms with Crippen molar-refractivity contribution in [2.45, 2.75) is 195 Å². The zero-order chi connectivity index (χ0) is 60.4. The molecule has 31 nitrogen and oxygen atoms in total. The van der Waals surface area contributed by atoms with Gasteiger partial charge in [0.1, 0.15) is 79.3 Å². The molecule has 3 fully saturated rings. The molecule has 4 amide bonds. The maximum absolute atomic E-state index is 14.4. The molecule has 478 valence electrons. The molecule has 82 heavy (non-hydrogen) atoms. The number of nitrogens with zero attached hydrogens (tertiary/aromatic N) is 1. The first-order chi connectivity index (χ1) is 39.4. The van der Waals surface area contributed by atoms with E-state index in [4.69, 9.17) is 42.7 Å². The number of hydroxylamine groups is 1. The van der Waals surface area contributed by atoms with Crippen molar-refractivity contribution in [1.29, 1.82) is 0 Å². The first kappa shape index (κ1) is 72.8. The van der Waals surface area contributed by atoms with Crippen molar-refractivity contribution in [3.8, 4) is 0 Å². The van der Waals surface area contributed by atoms with Crippen molar-refractivity contribution in [3.63, 3.8) is 0 Å². The van der Waals surface area contributed by atoms with Crippen molar-refractivity contribution in [2.75, 3.05) is 98.8 Å². The number of aliphatic hydroxyl groups excluding tert-OH is 12. The summed E-state index contributed by atoms with van der Waals surface area (Å²) in [5, 5.41) is 127. The molecule has 3 heterocycles. The van der Waals surface area contributed by atoms with Gasteiger partial charge in [-0.3, -0.25) is 24.0 Å². The number of amides is 4. The van der Waals surface area contributed by atoms with Crippen LogP contribution in [0.25, 0.3) is 0 Å². The normalized spacial score (nSPS) is 28.7. The monoisotopic (exact) mass is 1190 g/mol. The second-order valence-electron chi connectivity index (χ2n) is 20.0. The summed E-state index contributed by atoms with van der Waals surface area (Å²) < 4.78 is 43.2. The van der Waals surface area contributed by atoms with E-state index in [9.17, 15) is 85.3 Å². The Hall–Kier alpha value is -3.49. The van der Waals surface area contributed by atoms with Crippen molar-refractivity contribution < 1.29 is 128 Å². The highest BCUT2D eigenvalue weighted by Gasteiger charge is 2.46. The molecule has 0 radical (unpaired) electrons. The van der Waals surface area contributed by atoms with Crippen LogP contribution in [0, 0.1) is 0 Å². The van der Waals surface area contributed by atoms with Crippen LogP contribution in [0.15, 0.2) is 0 Å². The topological polar surface area (TPSA) is 463 Å². The van der Waals surface area contributed by atoms with Gasteiger partial charge in [0.15, 0.2) is 18.9 Å². The molecule has 0 bridgehead atoms. The van der Waals surface area contributed by atoms with Crippen LogP contribution in [0.1, 0.15) is 96.8 Å². The molecule has 0 aromatic heterocycles. The number of aliphatic hydroxyl groups is 12. The first-order valence-corrected chi connectivity index (χ1v) is 28.3. The molecule has 15 unspecified atom stereocenters. The first-order valence-electron chi connectivity index (χ1n) is 28.3. The highest BCUT2D eigenvalue weighted by Crippen LogP contribution is 2.25. The van der Waals surface area contributed by atoms with Gasteiger partial charge in [0.2, 0.25) is 23.6 Å².